The Balaban J connectivity index is 1.43. The zero-order valence-electron chi connectivity index (χ0n) is 17.8. The van der Waals surface area contributed by atoms with E-state index in [1.807, 2.05) is 36.5 Å². The van der Waals surface area contributed by atoms with E-state index >= 15 is 0 Å². The number of nitrogens with one attached hydrogen (secondary N) is 3. The number of aromatic amines is 1. The lowest BCUT2D eigenvalue weighted by Gasteiger charge is -2.35. The van der Waals surface area contributed by atoms with Gasteiger partial charge < -0.3 is 15.5 Å². The van der Waals surface area contributed by atoms with Gasteiger partial charge in [0.2, 0.25) is 0 Å². The number of hydrogen-bond donors (Lipinski definition) is 3. The number of piperazine rings is 1. The van der Waals surface area contributed by atoms with E-state index in [9.17, 15) is 4.79 Å². The molecule has 1 saturated heterocycles. The fourth-order valence-corrected chi connectivity index (χ4v) is 4.53. The molecule has 3 aliphatic heterocycles. The topological polar surface area (TPSA) is 76.3 Å². The van der Waals surface area contributed by atoms with Gasteiger partial charge in [0.05, 0.1) is 17.9 Å². The Morgan fingerprint density at radius 1 is 1.19 bits per heavy atom. The fourth-order valence-electron chi connectivity index (χ4n) is 4.53. The van der Waals surface area contributed by atoms with E-state index in [0.29, 0.717) is 12.1 Å². The second-order valence-corrected chi connectivity index (χ2v) is 8.41. The van der Waals surface area contributed by atoms with Crippen LogP contribution in [0, 0.1) is 0 Å². The number of carbonyl (C=O) groups is 1. The molecule has 0 bridgehead atoms. The van der Waals surface area contributed by atoms with Crippen LogP contribution >= 0.6 is 0 Å². The van der Waals surface area contributed by atoms with Crippen molar-refractivity contribution in [2.45, 2.75) is 12.6 Å². The van der Waals surface area contributed by atoms with Crippen LogP contribution in [0.15, 0.2) is 48.8 Å². The lowest BCUT2D eigenvalue weighted by molar-refractivity contribution is 0.0906. The molecular weight excluding hydrogens is 388 g/mol. The SMILES string of the molecule is CN1CCN(C[C@@H](NC(=O)c2cc3cn[nH]c4c-3c2CNC=C4)c2ccccc2)CC1. The summed E-state index contributed by atoms with van der Waals surface area (Å²) in [6.07, 6.45) is 5.65. The predicted molar refractivity (Wildman–Crippen MR) is 122 cm³/mol. The van der Waals surface area contributed by atoms with Crippen molar-refractivity contribution in [3.05, 3.63) is 71.2 Å². The molecule has 0 spiro atoms. The summed E-state index contributed by atoms with van der Waals surface area (Å²) in [6, 6.07) is 12.2. The van der Waals surface area contributed by atoms with E-state index < -0.39 is 0 Å². The summed E-state index contributed by atoms with van der Waals surface area (Å²) in [6.45, 7) is 5.56. The van der Waals surface area contributed by atoms with Gasteiger partial charge in [0.15, 0.2) is 0 Å². The first-order chi connectivity index (χ1) is 15.2. The largest absolute Gasteiger partial charge is 0.387 e. The van der Waals surface area contributed by atoms with Crippen LogP contribution in [0.1, 0.15) is 33.2 Å². The maximum Gasteiger partial charge on any atom is 0.252 e. The van der Waals surface area contributed by atoms with Gasteiger partial charge in [-0.1, -0.05) is 30.3 Å². The molecule has 31 heavy (non-hydrogen) atoms. The molecule has 1 amide bonds. The van der Waals surface area contributed by atoms with Gasteiger partial charge in [-0.2, -0.15) is 5.10 Å². The number of likely N-dealkylation sites (N-methyl/N-ethyl adjacent to an activating group) is 1. The van der Waals surface area contributed by atoms with Crippen LogP contribution < -0.4 is 10.6 Å². The van der Waals surface area contributed by atoms with Gasteiger partial charge in [-0.3, -0.25) is 14.8 Å². The summed E-state index contributed by atoms with van der Waals surface area (Å²) in [5.74, 6) is -0.0381. The molecule has 160 valence electrons. The molecule has 1 aromatic rings. The van der Waals surface area contributed by atoms with Crippen LogP contribution in [0.4, 0.5) is 0 Å². The van der Waals surface area contributed by atoms with E-state index in [1.54, 1.807) is 6.20 Å². The molecule has 0 unspecified atom stereocenters. The molecule has 0 radical (unpaired) electrons. The molecule has 7 nitrogen and oxygen atoms in total. The highest BCUT2D eigenvalue weighted by Gasteiger charge is 2.27. The van der Waals surface area contributed by atoms with Crippen LogP contribution in [-0.4, -0.2) is 65.7 Å². The number of carbonyl (C=O) groups excluding carboxylic acids is 1. The van der Waals surface area contributed by atoms with Crippen LogP contribution in [0.5, 0.6) is 0 Å². The first-order valence-electron chi connectivity index (χ1n) is 10.8. The van der Waals surface area contributed by atoms with E-state index in [4.69, 9.17) is 0 Å². The maximum atomic E-state index is 13.5. The standard InChI is InChI=1S/C24H28N6O/c1-29-9-11-30(12-10-29)16-22(17-5-3-2-4-6-17)27-24(31)19-13-18-14-26-28-21-7-8-25-15-20(19)23(18)21/h2-8,13-14,22,25,28H,9-12,15-16H2,1H3,(H,27,31)/t22-/m1/s1. The fraction of sp³-hybridized carbons (Fsp3) is 0.333. The molecular formula is C24H28N6O. The Kier molecular flexibility index (Phi) is 5.44. The Bertz CT molecular complexity index is 1050. The number of H-pyrrole nitrogens is 1. The van der Waals surface area contributed by atoms with Crippen molar-refractivity contribution >= 4 is 12.0 Å². The van der Waals surface area contributed by atoms with Gasteiger partial charge in [0.25, 0.3) is 5.91 Å². The molecule has 1 atom stereocenters. The van der Waals surface area contributed by atoms with Crippen LogP contribution in [0.3, 0.4) is 0 Å². The van der Waals surface area contributed by atoms with Gasteiger partial charge in [0.1, 0.15) is 0 Å². The van der Waals surface area contributed by atoms with Crippen LogP contribution in [0.2, 0.25) is 0 Å². The van der Waals surface area contributed by atoms with Gasteiger partial charge in [-0.05, 0) is 36.5 Å². The second-order valence-electron chi connectivity index (χ2n) is 8.41. The minimum Gasteiger partial charge on any atom is -0.387 e. The normalized spacial score (nSPS) is 17.8. The zero-order chi connectivity index (χ0) is 21.2. The number of nitrogens with zero attached hydrogens (tertiary/aromatic N) is 3. The quantitative estimate of drug-likeness (QED) is 0.595. The summed E-state index contributed by atoms with van der Waals surface area (Å²) in [5, 5.41) is 13.9. The lowest BCUT2D eigenvalue weighted by Crippen LogP contribution is -2.47. The van der Waals surface area contributed by atoms with E-state index in [-0.39, 0.29) is 11.9 Å². The highest BCUT2D eigenvalue weighted by molar-refractivity contribution is 6.01. The third-order valence-corrected chi connectivity index (χ3v) is 6.31. The molecule has 1 aromatic carbocycles. The minimum atomic E-state index is -0.0664. The van der Waals surface area contributed by atoms with E-state index in [1.165, 1.54) is 0 Å². The van der Waals surface area contributed by atoms with Crippen molar-refractivity contribution in [1.82, 2.24) is 30.6 Å². The summed E-state index contributed by atoms with van der Waals surface area (Å²) >= 11 is 0. The summed E-state index contributed by atoms with van der Waals surface area (Å²) < 4.78 is 0. The van der Waals surface area contributed by atoms with Gasteiger partial charge in [0, 0.05) is 56.0 Å². The third-order valence-electron chi connectivity index (χ3n) is 6.31. The van der Waals surface area contributed by atoms with Crippen LogP contribution in [0.25, 0.3) is 17.2 Å². The second kappa shape index (κ2) is 8.53. The predicted octanol–water partition coefficient (Wildman–Crippen LogP) is 2.31. The monoisotopic (exact) mass is 416 g/mol. The molecule has 7 heteroatoms. The Hall–Kier alpha value is -3.16. The van der Waals surface area contributed by atoms with Gasteiger partial charge >= 0.3 is 0 Å². The maximum absolute atomic E-state index is 13.5. The summed E-state index contributed by atoms with van der Waals surface area (Å²) in [5.41, 5.74) is 5.83. The third kappa shape index (κ3) is 4.06. The molecule has 0 saturated carbocycles. The average Bonchev–Trinajstić information content (AvgIpc) is 3.03. The Morgan fingerprint density at radius 3 is 2.81 bits per heavy atom. The lowest BCUT2D eigenvalue weighted by atomic mass is 10.0. The van der Waals surface area contributed by atoms with Crippen molar-refractivity contribution in [1.29, 1.82) is 0 Å². The molecule has 1 fully saturated rings. The molecule has 1 aliphatic carbocycles. The Labute approximate surface area is 182 Å². The summed E-state index contributed by atoms with van der Waals surface area (Å²) in [4.78, 5) is 18.3. The van der Waals surface area contributed by atoms with Crippen molar-refractivity contribution in [3.8, 4) is 11.1 Å². The van der Waals surface area contributed by atoms with Crippen molar-refractivity contribution in [3.63, 3.8) is 0 Å². The molecule has 0 aromatic heterocycles. The average molecular weight is 417 g/mol. The van der Waals surface area contributed by atoms with Crippen LogP contribution in [-0.2, 0) is 6.54 Å². The smallest absolute Gasteiger partial charge is 0.252 e. The first kappa shape index (κ1) is 19.8. The number of rotatable bonds is 5. The highest BCUT2D eigenvalue weighted by atomic mass is 16.1. The van der Waals surface area contributed by atoms with Crippen molar-refractivity contribution in [2.24, 2.45) is 0 Å². The van der Waals surface area contributed by atoms with Crippen molar-refractivity contribution < 1.29 is 4.79 Å². The molecule has 4 aliphatic rings. The number of aromatic nitrogens is 2. The summed E-state index contributed by atoms with van der Waals surface area (Å²) in [7, 11) is 2.16. The van der Waals surface area contributed by atoms with Crippen molar-refractivity contribution in [2.75, 3.05) is 39.8 Å². The molecule has 3 N–H and O–H groups in total. The number of hydrogen-bond acceptors (Lipinski definition) is 5. The molecule has 3 heterocycles. The molecule has 5 rings (SSSR count). The Morgan fingerprint density at radius 2 is 2.00 bits per heavy atom. The highest BCUT2D eigenvalue weighted by Crippen LogP contribution is 2.35. The van der Waals surface area contributed by atoms with E-state index in [2.05, 4.69) is 49.8 Å². The van der Waals surface area contributed by atoms with Gasteiger partial charge in [-0.25, -0.2) is 0 Å². The minimum absolute atomic E-state index is 0.0381. The van der Waals surface area contributed by atoms with Gasteiger partial charge in [-0.15, -0.1) is 0 Å². The number of amides is 1. The zero-order valence-corrected chi connectivity index (χ0v) is 17.8. The number of benzene rings is 1. The first-order valence-corrected chi connectivity index (χ1v) is 10.8. The van der Waals surface area contributed by atoms with E-state index in [0.717, 1.165) is 60.7 Å².